The highest BCUT2D eigenvalue weighted by Gasteiger charge is 2.49. The average Bonchev–Trinajstić information content (AvgIpc) is 3.14. The summed E-state index contributed by atoms with van der Waals surface area (Å²) in [7, 11) is 0. The van der Waals surface area contributed by atoms with Crippen LogP contribution in [0.3, 0.4) is 0 Å². The molecular weight excluding hydrogens is 389 g/mol. The van der Waals surface area contributed by atoms with Gasteiger partial charge in [0.25, 0.3) is 18.7 Å². The zero-order valence-corrected chi connectivity index (χ0v) is 16.6. The molecule has 3 amide bonds. The predicted molar refractivity (Wildman–Crippen MR) is 106 cm³/mol. The molecule has 2 aliphatic heterocycles. The number of amides is 3. The first-order chi connectivity index (χ1) is 14.3. The fraction of sp³-hybridized carbons (Fsp3) is 0.286. The quantitative estimate of drug-likeness (QED) is 0.617. The number of benzene rings is 2. The van der Waals surface area contributed by atoms with Gasteiger partial charge in [0, 0.05) is 29.6 Å². The Kier molecular flexibility index (Phi) is 5.03. The summed E-state index contributed by atoms with van der Waals surface area (Å²) in [6.45, 7) is 4.22. The van der Waals surface area contributed by atoms with E-state index in [9.17, 15) is 18.8 Å². The van der Waals surface area contributed by atoms with Crippen molar-refractivity contribution < 1.29 is 23.5 Å². The van der Waals surface area contributed by atoms with Gasteiger partial charge in [0.15, 0.2) is 0 Å². The Morgan fingerprint density at radius 3 is 2.57 bits per heavy atom. The third-order valence-corrected chi connectivity index (χ3v) is 5.39. The van der Waals surface area contributed by atoms with Crippen LogP contribution >= 0.6 is 0 Å². The van der Waals surface area contributed by atoms with E-state index in [0.29, 0.717) is 24.5 Å². The van der Waals surface area contributed by atoms with Gasteiger partial charge >= 0.3 is 11.8 Å². The average molecular weight is 410 g/mol. The number of rotatable bonds is 4. The van der Waals surface area contributed by atoms with E-state index in [4.69, 9.17) is 0 Å². The molecule has 0 aliphatic carbocycles. The number of carbonyl (C=O) groups excluding carboxylic acids is 3. The van der Waals surface area contributed by atoms with Crippen LogP contribution in [-0.4, -0.2) is 53.2 Å². The van der Waals surface area contributed by atoms with Crippen LogP contribution < -0.4 is 10.2 Å². The molecule has 0 aromatic heterocycles. The molecule has 1 fully saturated rings. The van der Waals surface area contributed by atoms with E-state index in [-0.39, 0.29) is 12.4 Å². The Morgan fingerprint density at radius 1 is 1.13 bits per heavy atom. The molecule has 1 N–H and O–H groups in total. The molecule has 4 rings (SSSR count). The lowest BCUT2D eigenvalue weighted by Gasteiger charge is -2.26. The largest absolute Gasteiger partial charge is 0.502 e. The van der Waals surface area contributed by atoms with Gasteiger partial charge in [-0.15, -0.1) is 0 Å². The molecule has 0 bridgehead atoms. The van der Waals surface area contributed by atoms with E-state index in [0.717, 1.165) is 15.8 Å². The number of hydrogen-bond donors (Lipinski definition) is 1. The molecule has 1 saturated heterocycles. The second-order valence-corrected chi connectivity index (χ2v) is 7.29. The molecule has 0 saturated carbocycles. The minimum Gasteiger partial charge on any atom is -0.326 e. The van der Waals surface area contributed by atoms with Gasteiger partial charge in [-0.3, -0.25) is 14.5 Å². The van der Waals surface area contributed by atoms with Crippen molar-refractivity contribution in [2.45, 2.75) is 20.1 Å². The maximum Gasteiger partial charge on any atom is 0.502 e. The van der Waals surface area contributed by atoms with Gasteiger partial charge in [0.1, 0.15) is 5.82 Å². The fourth-order valence-corrected chi connectivity index (χ4v) is 3.58. The minimum atomic E-state index is -0.844. The summed E-state index contributed by atoms with van der Waals surface area (Å²) in [4.78, 5) is 40.7. The number of fused-ring (bicyclic) bond motifs is 1. The first-order valence-electron chi connectivity index (χ1n) is 9.56. The third kappa shape index (κ3) is 3.54. The summed E-state index contributed by atoms with van der Waals surface area (Å²) in [5, 5.41) is 7.11. The lowest BCUT2D eigenvalue weighted by Crippen LogP contribution is -2.52. The summed E-state index contributed by atoms with van der Waals surface area (Å²) < 4.78 is 14.2. The smallest absolute Gasteiger partial charge is 0.326 e. The van der Waals surface area contributed by atoms with Crippen molar-refractivity contribution in [2.75, 3.05) is 29.9 Å². The number of nitrogens with zero attached hydrogens (tertiary/aromatic N) is 4. The number of hydrogen-bond acceptors (Lipinski definition) is 5. The monoisotopic (exact) mass is 410 g/mol. The van der Waals surface area contributed by atoms with Gasteiger partial charge in [-0.05, 0) is 60.0 Å². The van der Waals surface area contributed by atoms with E-state index < -0.39 is 24.0 Å². The highest BCUT2D eigenvalue weighted by atomic mass is 19.1. The molecule has 154 valence electrons. The number of aryl methyl sites for hydroxylation is 1. The first-order valence-corrected chi connectivity index (χ1v) is 9.56. The summed E-state index contributed by atoms with van der Waals surface area (Å²) in [5.74, 6) is -2.37. The van der Waals surface area contributed by atoms with E-state index in [1.165, 1.54) is 17.0 Å². The van der Waals surface area contributed by atoms with Gasteiger partial charge in [-0.1, -0.05) is 12.1 Å². The van der Waals surface area contributed by atoms with Crippen molar-refractivity contribution in [3.63, 3.8) is 0 Å². The highest BCUT2D eigenvalue weighted by molar-refractivity contribution is 6.32. The van der Waals surface area contributed by atoms with Gasteiger partial charge < -0.3 is 10.2 Å². The van der Waals surface area contributed by atoms with Crippen molar-refractivity contribution in [3.8, 4) is 0 Å². The molecular formula is C21H21FN5O3+. The highest BCUT2D eigenvalue weighted by Crippen LogP contribution is 2.27. The first kappa shape index (κ1) is 19.7. The van der Waals surface area contributed by atoms with Crippen LogP contribution in [0.1, 0.15) is 11.1 Å². The minimum absolute atomic E-state index is 0.318. The molecule has 2 aliphatic rings. The van der Waals surface area contributed by atoms with Crippen LogP contribution in [0.2, 0.25) is 0 Å². The molecule has 0 radical (unpaired) electrons. The zero-order chi connectivity index (χ0) is 21.4. The normalized spacial score (nSPS) is 18.4. The zero-order valence-electron chi connectivity index (χ0n) is 16.6. The van der Waals surface area contributed by atoms with Crippen LogP contribution in [-0.2, 0) is 14.4 Å². The lowest BCUT2D eigenvalue weighted by molar-refractivity contribution is -0.509. The van der Waals surface area contributed by atoms with E-state index >= 15 is 0 Å². The summed E-state index contributed by atoms with van der Waals surface area (Å²) in [6, 6.07) is 11.4. The van der Waals surface area contributed by atoms with Crippen LogP contribution in [0.4, 0.5) is 15.8 Å². The Balaban J connectivity index is 1.56. The van der Waals surface area contributed by atoms with Crippen molar-refractivity contribution in [3.05, 3.63) is 59.4 Å². The molecule has 2 aromatic carbocycles. The molecule has 2 aromatic rings. The number of halogens is 1. The number of anilines is 2. The second-order valence-electron chi connectivity index (χ2n) is 7.29. The van der Waals surface area contributed by atoms with Gasteiger partial charge in [-0.2, -0.15) is 0 Å². The molecule has 1 unspecified atom stereocenters. The maximum atomic E-state index is 13.3. The number of azo groups is 2. The molecule has 1 atom stereocenters. The Labute approximate surface area is 172 Å². The van der Waals surface area contributed by atoms with Gasteiger partial charge in [-0.25, -0.2) is 9.18 Å². The summed E-state index contributed by atoms with van der Waals surface area (Å²) >= 11 is 0. The van der Waals surface area contributed by atoms with Crippen LogP contribution in [0, 0.1) is 19.7 Å². The Bertz CT molecular complexity index is 1070. The van der Waals surface area contributed by atoms with Crippen LogP contribution in [0.5, 0.6) is 0 Å². The number of nitrogens with one attached hydrogen (secondary N) is 1. The van der Waals surface area contributed by atoms with Crippen molar-refractivity contribution >= 4 is 29.1 Å². The fourth-order valence-electron chi connectivity index (χ4n) is 3.58. The van der Waals surface area contributed by atoms with Crippen molar-refractivity contribution in [1.82, 2.24) is 4.90 Å². The van der Waals surface area contributed by atoms with Crippen LogP contribution in [0.25, 0.3) is 0 Å². The van der Waals surface area contributed by atoms with Crippen molar-refractivity contribution in [2.24, 2.45) is 5.11 Å². The topological polar surface area (TPSA) is 85.1 Å². The standard InChI is InChI=1S/C21H20FN5O3/c1-13-4-3-5-17(14(13)2)23-18(28)12-27-20(30)19(29)26-11-10-25(21(26)24-27)16-8-6-15(22)7-9-16/h3-9,21H,10-12H2,1-2H3/p+1. The maximum absolute atomic E-state index is 13.3. The molecule has 30 heavy (non-hydrogen) atoms. The molecule has 9 heteroatoms. The molecule has 2 heterocycles. The Hall–Kier alpha value is -3.62. The summed E-state index contributed by atoms with van der Waals surface area (Å²) in [6.07, 6.45) is -0.755. The molecule has 8 nitrogen and oxygen atoms in total. The summed E-state index contributed by atoms with van der Waals surface area (Å²) in [5.41, 5.74) is 3.27. The second kappa shape index (κ2) is 7.66. The van der Waals surface area contributed by atoms with E-state index in [1.54, 1.807) is 23.1 Å². The lowest BCUT2D eigenvalue weighted by atomic mass is 10.1. The van der Waals surface area contributed by atoms with Crippen molar-refractivity contribution in [1.29, 1.82) is 0 Å². The van der Waals surface area contributed by atoms with E-state index in [1.807, 2.05) is 26.0 Å². The van der Waals surface area contributed by atoms with Gasteiger partial charge in [0.05, 0.1) is 0 Å². The van der Waals surface area contributed by atoms with Crippen LogP contribution in [0.15, 0.2) is 47.6 Å². The van der Waals surface area contributed by atoms with E-state index in [2.05, 4.69) is 10.4 Å². The number of carbonyl (C=O) groups is 3. The van der Waals surface area contributed by atoms with Gasteiger partial charge in [0.2, 0.25) is 0 Å². The third-order valence-electron chi connectivity index (χ3n) is 5.39. The Morgan fingerprint density at radius 2 is 1.83 bits per heavy atom. The predicted octanol–water partition coefficient (Wildman–Crippen LogP) is 2.02. The SMILES string of the molecule is Cc1cccc(NC(=O)C[N+]2=NC3N(CCN3c3ccc(F)cc3)C(=O)C2=O)c1C. The molecule has 0 spiro atoms.